The Labute approximate surface area is 123 Å². The minimum Gasteiger partial charge on any atom is -0.496 e. The van der Waals surface area contributed by atoms with Crippen LogP contribution in [0.2, 0.25) is 0 Å². The fourth-order valence-corrected chi connectivity index (χ4v) is 1.97. The van der Waals surface area contributed by atoms with Crippen molar-refractivity contribution >= 4 is 0 Å². The Balaban J connectivity index is 2.97. The van der Waals surface area contributed by atoms with Crippen molar-refractivity contribution in [3.8, 4) is 5.75 Å². The van der Waals surface area contributed by atoms with Crippen molar-refractivity contribution in [2.24, 2.45) is 0 Å². The lowest BCUT2D eigenvalue weighted by molar-refractivity contribution is -0.0632. The molecule has 1 atom stereocenters. The quantitative estimate of drug-likeness (QED) is 0.885. The second kappa shape index (κ2) is 6.59. The molecule has 0 heterocycles. The Morgan fingerprint density at radius 1 is 1.05 bits per heavy atom. The first-order chi connectivity index (χ1) is 9.12. The minimum absolute atomic E-state index is 0.0367. The van der Waals surface area contributed by atoms with Gasteiger partial charge >= 0.3 is 0 Å². The van der Waals surface area contributed by atoms with E-state index in [-0.39, 0.29) is 17.2 Å². The molecule has 0 amide bonds. The molecule has 3 nitrogen and oxygen atoms in total. The van der Waals surface area contributed by atoms with Gasteiger partial charge in [0.05, 0.1) is 18.8 Å². The van der Waals surface area contributed by atoms with E-state index >= 15 is 0 Å². The third-order valence-corrected chi connectivity index (χ3v) is 2.80. The SMILES string of the molecule is COc1ccccc1C(CNC(C)(C)C)OC(C)(C)C. The molecule has 1 rings (SSSR count). The van der Waals surface area contributed by atoms with Crippen molar-refractivity contribution in [2.75, 3.05) is 13.7 Å². The van der Waals surface area contributed by atoms with Crippen LogP contribution >= 0.6 is 0 Å². The summed E-state index contributed by atoms with van der Waals surface area (Å²) in [5.41, 5.74) is 0.939. The average molecular weight is 279 g/mol. The lowest BCUT2D eigenvalue weighted by Crippen LogP contribution is -2.40. The topological polar surface area (TPSA) is 30.5 Å². The molecule has 114 valence electrons. The summed E-state index contributed by atoms with van der Waals surface area (Å²) in [6, 6.07) is 8.05. The van der Waals surface area contributed by atoms with Gasteiger partial charge < -0.3 is 14.8 Å². The molecule has 1 unspecified atom stereocenters. The maximum absolute atomic E-state index is 6.22. The van der Waals surface area contributed by atoms with Crippen LogP contribution < -0.4 is 10.1 Å². The van der Waals surface area contributed by atoms with Gasteiger partial charge in [0.2, 0.25) is 0 Å². The lowest BCUT2D eigenvalue weighted by atomic mass is 10.0. The summed E-state index contributed by atoms with van der Waals surface area (Å²) in [5, 5.41) is 3.51. The zero-order valence-electron chi connectivity index (χ0n) is 13.9. The first-order valence-corrected chi connectivity index (χ1v) is 7.18. The Hall–Kier alpha value is -1.06. The average Bonchev–Trinajstić information content (AvgIpc) is 2.32. The summed E-state index contributed by atoms with van der Waals surface area (Å²) in [6.07, 6.45) is -0.0367. The van der Waals surface area contributed by atoms with Gasteiger partial charge in [0, 0.05) is 17.6 Å². The van der Waals surface area contributed by atoms with Crippen LogP contribution in [-0.4, -0.2) is 24.8 Å². The second-order valence-electron chi connectivity index (χ2n) is 7.09. The van der Waals surface area contributed by atoms with E-state index in [0.717, 1.165) is 17.9 Å². The van der Waals surface area contributed by atoms with E-state index in [2.05, 4.69) is 52.9 Å². The summed E-state index contributed by atoms with van der Waals surface area (Å²) < 4.78 is 11.7. The first-order valence-electron chi connectivity index (χ1n) is 7.18. The van der Waals surface area contributed by atoms with Gasteiger partial charge in [-0.25, -0.2) is 0 Å². The summed E-state index contributed by atoms with van der Waals surface area (Å²) in [4.78, 5) is 0. The Morgan fingerprint density at radius 2 is 1.65 bits per heavy atom. The fraction of sp³-hybridized carbons (Fsp3) is 0.647. The van der Waals surface area contributed by atoms with E-state index in [1.54, 1.807) is 7.11 Å². The second-order valence-corrected chi connectivity index (χ2v) is 7.09. The fourth-order valence-electron chi connectivity index (χ4n) is 1.97. The summed E-state index contributed by atoms with van der Waals surface area (Å²) in [6.45, 7) is 13.4. The molecule has 0 spiro atoms. The van der Waals surface area contributed by atoms with Crippen LogP contribution in [0.15, 0.2) is 24.3 Å². The van der Waals surface area contributed by atoms with Crippen LogP contribution in [0, 0.1) is 0 Å². The van der Waals surface area contributed by atoms with E-state index in [4.69, 9.17) is 9.47 Å². The smallest absolute Gasteiger partial charge is 0.124 e. The van der Waals surface area contributed by atoms with Gasteiger partial charge in [-0.15, -0.1) is 0 Å². The van der Waals surface area contributed by atoms with Crippen molar-refractivity contribution < 1.29 is 9.47 Å². The van der Waals surface area contributed by atoms with Gasteiger partial charge in [-0.1, -0.05) is 18.2 Å². The number of nitrogens with one attached hydrogen (secondary N) is 1. The molecule has 0 bridgehead atoms. The van der Waals surface area contributed by atoms with Crippen molar-refractivity contribution in [3.05, 3.63) is 29.8 Å². The standard InChI is InChI=1S/C17H29NO2/c1-16(2,3)18-12-15(20-17(4,5)6)13-10-8-9-11-14(13)19-7/h8-11,15,18H,12H2,1-7H3. The molecule has 0 aliphatic rings. The molecule has 3 heteroatoms. The van der Waals surface area contributed by atoms with E-state index in [1.807, 2.05) is 18.2 Å². The highest BCUT2D eigenvalue weighted by atomic mass is 16.5. The minimum atomic E-state index is -0.203. The summed E-state index contributed by atoms with van der Waals surface area (Å²) in [7, 11) is 1.70. The molecule has 20 heavy (non-hydrogen) atoms. The summed E-state index contributed by atoms with van der Waals surface area (Å²) >= 11 is 0. The Morgan fingerprint density at radius 3 is 2.15 bits per heavy atom. The molecule has 0 aliphatic carbocycles. The van der Waals surface area contributed by atoms with Crippen LogP contribution in [0.1, 0.15) is 53.2 Å². The molecule has 0 saturated heterocycles. The van der Waals surface area contributed by atoms with E-state index in [0.29, 0.717) is 0 Å². The highest BCUT2D eigenvalue weighted by molar-refractivity contribution is 5.35. The van der Waals surface area contributed by atoms with Crippen molar-refractivity contribution in [1.29, 1.82) is 0 Å². The van der Waals surface area contributed by atoms with Crippen LogP contribution in [-0.2, 0) is 4.74 Å². The largest absolute Gasteiger partial charge is 0.496 e. The number of benzene rings is 1. The maximum Gasteiger partial charge on any atom is 0.124 e. The zero-order chi connectivity index (χ0) is 15.4. The third-order valence-electron chi connectivity index (χ3n) is 2.80. The maximum atomic E-state index is 6.22. The van der Waals surface area contributed by atoms with Crippen molar-refractivity contribution in [2.45, 2.75) is 58.8 Å². The number of para-hydroxylation sites is 1. The highest BCUT2D eigenvalue weighted by Crippen LogP contribution is 2.30. The predicted octanol–water partition coefficient (Wildman–Crippen LogP) is 3.94. The first kappa shape index (κ1) is 17.0. The van der Waals surface area contributed by atoms with Crippen LogP contribution in [0.3, 0.4) is 0 Å². The number of rotatable bonds is 5. The molecule has 0 aromatic heterocycles. The summed E-state index contributed by atoms with van der Waals surface area (Å²) in [5.74, 6) is 0.873. The van der Waals surface area contributed by atoms with Gasteiger partial charge in [0.1, 0.15) is 5.75 Å². The Kier molecular flexibility index (Phi) is 5.60. The third kappa shape index (κ3) is 5.93. The van der Waals surface area contributed by atoms with Crippen molar-refractivity contribution in [3.63, 3.8) is 0 Å². The molecule has 0 saturated carbocycles. The van der Waals surface area contributed by atoms with E-state index in [9.17, 15) is 0 Å². The number of hydrogen-bond acceptors (Lipinski definition) is 3. The van der Waals surface area contributed by atoms with E-state index in [1.165, 1.54) is 0 Å². The molecule has 0 fully saturated rings. The van der Waals surface area contributed by atoms with Crippen molar-refractivity contribution in [1.82, 2.24) is 5.32 Å². The normalized spacial score (nSPS) is 14.2. The molecule has 1 aromatic rings. The van der Waals surface area contributed by atoms with Gasteiger partial charge in [-0.2, -0.15) is 0 Å². The van der Waals surface area contributed by atoms with E-state index < -0.39 is 0 Å². The molecular formula is C17H29NO2. The number of methoxy groups -OCH3 is 1. The van der Waals surface area contributed by atoms with Gasteiger partial charge in [-0.3, -0.25) is 0 Å². The zero-order valence-corrected chi connectivity index (χ0v) is 13.9. The Bertz CT molecular complexity index is 416. The molecule has 0 aliphatic heterocycles. The van der Waals surface area contributed by atoms with Gasteiger partial charge in [0.15, 0.2) is 0 Å². The monoisotopic (exact) mass is 279 g/mol. The van der Waals surface area contributed by atoms with Crippen LogP contribution in [0.5, 0.6) is 5.75 Å². The van der Waals surface area contributed by atoms with Gasteiger partial charge in [-0.05, 0) is 47.6 Å². The van der Waals surface area contributed by atoms with Crippen LogP contribution in [0.25, 0.3) is 0 Å². The number of ether oxygens (including phenoxy) is 2. The van der Waals surface area contributed by atoms with Gasteiger partial charge in [0.25, 0.3) is 0 Å². The predicted molar refractivity (Wildman–Crippen MR) is 84.3 cm³/mol. The molecular weight excluding hydrogens is 250 g/mol. The molecule has 1 aromatic carbocycles. The molecule has 0 radical (unpaired) electrons. The highest BCUT2D eigenvalue weighted by Gasteiger charge is 2.24. The van der Waals surface area contributed by atoms with Crippen LogP contribution in [0.4, 0.5) is 0 Å². The number of hydrogen-bond donors (Lipinski definition) is 1. The molecule has 1 N–H and O–H groups in total. The lowest BCUT2D eigenvalue weighted by Gasteiger charge is -2.31.